The Kier molecular flexibility index (Phi) is 3.47. The molecule has 5 heteroatoms. The second kappa shape index (κ2) is 4.72. The molecule has 0 radical (unpaired) electrons. The van der Waals surface area contributed by atoms with Gasteiger partial charge in [-0.2, -0.15) is 0 Å². The first-order chi connectivity index (χ1) is 7.99. The van der Waals surface area contributed by atoms with E-state index in [0.29, 0.717) is 0 Å². The normalized spacial score (nSPS) is 12.8. The van der Waals surface area contributed by atoms with Gasteiger partial charge in [0, 0.05) is 16.5 Å². The smallest absolute Gasteiger partial charge is 0.141 e. The van der Waals surface area contributed by atoms with Gasteiger partial charge in [-0.1, -0.05) is 11.6 Å². The van der Waals surface area contributed by atoms with E-state index in [4.69, 9.17) is 17.3 Å². The molecule has 90 valence electrons. The van der Waals surface area contributed by atoms with Gasteiger partial charge in [0.15, 0.2) is 0 Å². The zero-order chi connectivity index (χ0) is 12.6. The van der Waals surface area contributed by atoms with Gasteiger partial charge in [-0.25, -0.2) is 9.37 Å². The summed E-state index contributed by atoms with van der Waals surface area (Å²) in [4.78, 5) is 5.42. The standard InChI is InChI=1S/C12H12ClFN2S/c1-6(15)12-11(16-7(2)17-12)8-3-4-10(14)9(13)5-8/h3-6H,15H2,1-2H3. The van der Waals surface area contributed by atoms with E-state index in [1.165, 1.54) is 6.07 Å². The van der Waals surface area contributed by atoms with Crippen LogP contribution in [0, 0.1) is 12.7 Å². The Labute approximate surface area is 108 Å². The molecule has 1 atom stereocenters. The van der Waals surface area contributed by atoms with E-state index in [0.717, 1.165) is 21.1 Å². The maximum atomic E-state index is 13.1. The Morgan fingerprint density at radius 1 is 1.47 bits per heavy atom. The number of nitrogens with zero attached hydrogens (tertiary/aromatic N) is 1. The molecular formula is C12H12ClFN2S. The highest BCUT2D eigenvalue weighted by Crippen LogP contribution is 2.33. The summed E-state index contributed by atoms with van der Waals surface area (Å²) >= 11 is 7.33. The Balaban J connectivity index is 2.55. The molecular weight excluding hydrogens is 259 g/mol. The third-order valence-electron chi connectivity index (χ3n) is 2.37. The van der Waals surface area contributed by atoms with Gasteiger partial charge >= 0.3 is 0 Å². The molecule has 0 saturated heterocycles. The van der Waals surface area contributed by atoms with Crippen LogP contribution in [0.25, 0.3) is 11.3 Å². The number of rotatable bonds is 2. The van der Waals surface area contributed by atoms with Gasteiger partial charge in [0.2, 0.25) is 0 Å². The number of benzene rings is 1. The van der Waals surface area contributed by atoms with E-state index in [9.17, 15) is 4.39 Å². The van der Waals surface area contributed by atoms with Crippen LogP contribution in [0.15, 0.2) is 18.2 Å². The van der Waals surface area contributed by atoms with E-state index in [1.54, 1.807) is 23.5 Å². The minimum Gasteiger partial charge on any atom is -0.323 e. The summed E-state index contributed by atoms with van der Waals surface area (Å²) in [6, 6.07) is 4.50. The van der Waals surface area contributed by atoms with Gasteiger partial charge in [-0.05, 0) is 32.0 Å². The lowest BCUT2D eigenvalue weighted by molar-refractivity contribution is 0.628. The third kappa shape index (κ3) is 2.49. The molecule has 2 aromatic rings. The van der Waals surface area contributed by atoms with Gasteiger partial charge in [-0.15, -0.1) is 11.3 Å². The van der Waals surface area contributed by atoms with Crippen molar-refractivity contribution in [2.24, 2.45) is 5.73 Å². The van der Waals surface area contributed by atoms with Crippen molar-refractivity contribution in [3.05, 3.63) is 38.9 Å². The molecule has 0 aliphatic rings. The van der Waals surface area contributed by atoms with Crippen molar-refractivity contribution in [1.29, 1.82) is 0 Å². The highest BCUT2D eigenvalue weighted by atomic mass is 35.5. The van der Waals surface area contributed by atoms with Crippen molar-refractivity contribution < 1.29 is 4.39 Å². The molecule has 2 N–H and O–H groups in total. The van der Waals surface area contributed by atoms with Crippen LogP contribution in [0.1, 0.15) is 22.9 Å². The lowest BCUT2D eigenvalue weighted by Gasteiger charge is -2.06. The maximum Gasteiger partial charge on any atom is 0.141 e. The van der Waals surface area contributed by atoms with Crippen LogP contribution in [0.4, 0.5) is 4.39 Å². The molecule has 1 aromatic heterocycles. The fraction of sp³-hybridized carbons (Fsp3) is 0.250. The summed E-state index contributed by atoms with van der Waals surface area (Å²) in [6.07, 6.45) is 0. The predicted molar refractivity (Wildman–Crippen MR) is 69.9 cm³/mol. The first-order valence-corrected chi connectivity index (χ1v) is 6.37. The highest BCUT2D eigenvalue weighted by Gasteiger charge is 2.15. The van der Waals surface area contributed by atoms with Crippen LogP contribution in [-0.4, -0.2) is 4.98 Å². The molecule has 17 heavy (non-hydrogen) atoms. The number of halogens is 2. The Hall–Kier alpha value is -0.970. The number of aryl methyl sites for hydroxylation is 1. The molecule has 0 fully saturated rings. The van der Waals surface area contributed by atoms with Gasteiger partial charge in [-0.3, -0.25) is 0 Å². The Morgan fingerprint density at radius 2 is 2.18 bits per heavy atom. The average molecular weight is 271 g/mol. The van der Waals surface area contributed by atoms with Gasteiger partial charge in [0.05, 0.1) is 15.7 Å². The van der Waals surface area contributed by atoms with Crippen LogP contribution in [0.2, 0.25) is 5.02 Å². The first kappa shape index (κ1) is 12.5. The fourth-order valence-corrected chi connectivity index (χ4v) is 2.68. The largest absolute Gasteiger partial charge is 0.323 e. The monoisotopic (exact) mass is 270 g/mol. The average Bonchev–Trinajstić information content (AvgIpc) is 2.64. The number of hydrogen-bond acceptors (Lipinski definition) is 3. The zero-order valence-electron chi connectivity index (χ0n) is 9.50. The highest BCUT2D eigenvalue weighted by molar-refractivity contribution is 7.12. The van der Waals surface area contributed by atoms with E-state index in [2.05, 4.69) is 4.98 Å². The number of hydrogen-bond donors (Lipinski definition) is 1. The Bertz CT molecular complexity index is 551. The number of thiazole rings is 1. The lowest BCUT2D eigenvalue weighted by Crippen LogP contribution is -2.04. The van der Waals surface area contributed by atoms with Crippen LogP contribution in [-0.2, 0) is 0 Å². The second-order valence-electron chi connectivity index (χ2n) is 3.86. The predicted octanol–water partition coefficient (Wildman–Crippen LogP) is 3.93. The van der Waals surface area contributed by atoms with E-state index in [1.807, 2.05) is 13.8 Å². The van der Waals surface area contributed by atoms with Gasteiger partial charge in [0.1, 0.15) is 5.82 Å². The van der Waals surface area contributed by atoms with E-state index in [-0.39, 0.29) is 11.1 Å². The van der Waals surface area contributed by atoms with Crippen molar-refractivity contribution in [2.75, 3.05) is 0 Å². The van der Waals surface area contributed by atoms with Crippen molar-refractivity contribution in [1.82, 2.24) is 4.98 Å². The maximum absolute atomic E-state index is 13.1. The summed E-state index contributed by atoms with van der Waals surface area (Å²) in [5.74, 6) is -0.426. The summed E-state index contributed by atoms with van der Waals surface area (Å²) in [7, 11) is 0. The van der Waals surface area contributed by atoms with Crippen LogP contribution in [0.3, 0.4) is 0 Å². The SMILES string of the molecule is Cc1nc(-c2ccc(F)c(Cl)c2)c(C(C)N)s1. The molecule has 0 aliphatic heterocycles. The minimum absolute atomic E-state index is 0.0972. The molecule has 1 aromatic carbocycles. The summed E-state index contributed by atoms with van der Waals surface area (Å²) in [5.41, 5.74) is 7.49. The molecule has 0 bridgehead atoms. The van der Waals surface area contributed by atoms with E-state index < -0.39 is 5.82 Å². The fourth-order valence-electron chi connectivity index (χ4n) is 1.60. The van der Waals surface area contributed by atoms with Crippen LogP contribution >= 0.6 is 22.9 Å². The van der Waals surface area contributed by atoms with Crippen LogP contribution in [0.5, 0.6) is 0 Å². The molecule has 0 spiro atoms. The quantitative estimate of drug-likeness (QED) is 0.898. The molecule has 2 nitrogen and oxygen atoms in total. The third-order valence-corrected chi connectivity index (χ3v) is 3.83. The molecule has 0 saturated carbocycles. The van der Waals surface area contributed by atoms with Gasteiger partial charge in [0.25, 0.3) is 0 Å². The van der Waals surface area contributed by atoms with Crippen molar-refractivity contribution in [3.8, 4) is 11.3 Å². The molecule has 0 aliphatic carbocycles. The summed E-state index contributed by atoms with van der Waals surface area (Å²) in [5, 5.41) is 1.04. The Morgan fingerprint density at radius 3 is 2.76 bits per heavy atom. The molecule has 0 amide bonds. The summed E-state index contributed by atoms with van der Waals surface area (Å²) in [6.45, 7) is 3.83. The van der Waals surface area contributed by atoms with Crippen molar-refractivity contribution >= 4 is 22.9 Å². The molecule has 1 unspecified atom stereocenters. The summed E-state index contributed by atoms with van der Waals surface area (Å²) < 4.78 is 13.1. The second-order valence-corrected chi connectivity index (χ2v) is 5.51. The topological polar surface area (TPSA) is 38.9 Å². The number of nitrogens with two attached hydrogens (primary N) is 1. The zero-order valence-corrected chi connectivity index (χ0v) is 11.1. The first-order valence-electron chi connectivity index (χ1n) is 5.17. The number of aromatic nitrogens is 1. The van der Waals surface area contributed by atoms with E-state index >= 15 is 0 Å². The van der Waals surface area contributed by atoms with Crippen molar-refractivity contribution in [2.45, 2.75) is 19.9 Å². The lowest BCUT2D eigenvalue weighted by atomic mass is 10.1. The molecule has 1 heterocycles. The molecule has 2 rings (SSSR count). The van der Waals surface area contributed by atoms with Gasteiger partial charge < -0.3 is 5.73 Å². The van der Waals surface area contributed by atoms with Crippen molar-refractivity contribution in [3.63, 3.8) is 0 Å². The van der Waals surface area contributed by atoms with Crippen LogP contribution < -0.4 is 5.73 Å². The minimum atomic E-state index is -0.426.